The smallest absolute Gasteiger partial charge is 0.248 e. The third-order valence-corrected chi connectivity index (χ3v) is 4.74. The lowest BCUT2D eigenvalue weighted by molar-refractivity contribution is -0.111. The molecule has 0 saturated heterocycles. The van der Waals surface area contributed by atoms with Crippen LogP contribution in [0.15, 0.2) is 53.3 Å². The molecule has 3 aromatic rings. The van der Waals surface area contributed by atoms with Crippen molar-refractivity contribution < 1.29 is 14.3 Å². The van der Waals surface area contributed by atoms with E-state index in [2.05, 4.69) is 31.1 Å². The molecule has 0 unspecified atom stereocenters. The van der Waals surface area contributed by atoms with Crippen LogP contribution in [0.3, 0.4) is 0 Å². The number of pyridine rings is 1. The van der Waals surface area contributed by atoms with Gasteiger partial charge in [0, 0.05) is 23.2 Å². The minimum absolute atomic E-state index is 0.159. The second-order valence-corrected chi connectivity index (χ2v) is 7.99. The number of aromatic amines is 1. The van der Waals surface area contributed by atoms with Gasteiger partial charge in [-0.25, -0.2) is 0 Å². The molecule has 29 heavy (non-hydrogen) atoms. The molecular weight excluding hydrogens is 368 g/mol. The van der Waals surface area contributed by atoms with E-state index in [0.717, 1.165) is 16.5 Å². The number of aromatic nitrogens is 1. The van der Waals surface area contributed by atoms with E-state index >= 15 is 0 Å². The largest absolute Gasteiger partial charge is 0.454 e. The van der Waals surface area contributed by atoms with Crippen molar-refractivity contribution in [1.29, 1.82) is 0 Å². The molecule has 1 amide bonds. The van der Waals surface area contributed by atoms with Crippen molar-refractivity contribution in [2.45, 2.75) is 26.2 Å². The van der Waals surface area contributed by atoms with Gasteiger partial charge >= 0.3 is 0 Å². The van der Waals surface area contributed by atoms with Crippen molar-refractivity contribution in [3.8, 4) is 11.5 Å². The number of hydrogen-bond donors (Lipinski definition) is 2. The van der Waals surface area contributed by atoms with Gasteiger partial charge in [-0.3, -0.25) is 9.59 Å². The van der Waals surface area contributed by atoms with Crippen molar-refractivity contribution in [2.75, 3.05) is 12.1 Å². The number of anilines is 1. The van der Waals surface area contributed by atoms with Gasteiger partial charge in [-0.1, -0.05) is 32.9 Å². The van der Waals surface area contributed by atoms with E-state index < -0.39 is 0 Å². The molecule has 0 spiro atoms. The lowest BCUT2D eigenvalue weighted by Crippen LogP contribution is -2.17. The van der Waals surface area contributed by atoms with E-state index in [-0.39, 0.29) is 23.7 Å². The van der Waals surface area contributed by atoms with Gasteiger partial charge < -0.3 is 19.8 Å². The fourth-order valence-electron chi connectivity index (χ4n) is 3.33. The lowest BCUT2D eigenvalue weighted by Gasteiger charge is -2.21. The van der Waals surface area contributed by atoms with Crippen LogP contribution >= 0.6 is 0 Å². The Morgan fingerprint density at radius 3 is 2.66 bits per heavy atom. The first-order valence-corrected chi connectivity index (χ1v) is 9.36. The van der Waals surface area contributed by atoms with Gasteiger partial charge in [-0.2, -0.15) is 0 Å². The van der Waals surface area contributed by atoms with Crippen molar-refractivity contribution in [3.63, 3.8) is 0 Å². The number of rotatable bonds is 3. The molecular formula is C23H22N2O4. The van der Waals surface area contributed by atoms with Gasteiger partial charge in [-0.05, 0) is 46.9 Å². The number of H-pyrrole nitrogens is 1. The van der Waals surface area contributed by atoms with Crippen molar-refractivity contribution >= 4 is 28.6 Å². The van der Waals surface area contributed by atoms with Gasteiger partial charge in [-0.15, -0.1) is 0 Å². The molecule has 0 bridgehead atoms. The maximum absolute atomic E-state index is 12.3. The number of amides is 1. The number of nitrogens with one attached hydrogen (secondary N) is 2. The molecule has 148 valence electrons. The minimum Gasteiger partial charge on any atom is -0.454 e. The summed E-state index contributed by atoms with van der Waals surface area (Å²) in [7, 11) is 0. The Labute approximate surface area is 168 Å². The predicted molar refractivity (Wildman–Crippen MR) is 113 cm³/mol. The van der Waals surface area contributed by atoms with Crippen LogP contribution < -0.4 is 20.3 Å². The Hall–Kier alpha value is -3.54. The maximum Gasteiger partial charge on any atom is 0.248 e. The van der Waals surface area contributed by atoms with Crippen molar-refractivity contribution in [1.82, 2.24) is 4.98 Å². The molecule has 1 aliphatic heterocycles. The lowest BCUT2D eigenvalue weighted by atomic mass is 9.85. The first-order valence-electron chi connectivity index (χ1n) is 9.36. The standard InChI is InChI=1S/C23H22N2O4/c1-23(2,3)17-12-22(27)25-18-11-15(6-7-16(17)18)24-21(26)9-5-14-4-8-19-20(10-14)29-13-28-19/h4-12H,13H2,1-3H3,(H,24,26)(H,25,27)/b9-5-. The van der Waals surface area contributed by atoms with Crippen LogP contribution in [0.25, 0.3) is 17.0 Å². The summed E-state index contributed by atoms with van der Waals surface area (Å²) in [6.07, 6.45) is 3.16. The summed E-state index contributed by atoms with van der Waals surface area (Å²) < 4.78 is 10.6. The predicted octanol–water partition coefficient (Wildman–Crippen LogP) is 4.21. The van der Waals surface area contributed by atoms with Crippen LogP contribution in [0.1, 0.15) is 31.9 Å². The highest BCUT2D eigenvalue weighted by atomic mass is 16.7. The summed E-state index contributed by atoms with van der Waals surface area (Å²) in [5.41, 5.74) is 2.79. The van der Waals surface area contributed by atoms with E-state index in [1.807, 2.05) is 30.3 Å². The monoisotopic (exact) mass is 390 g/mol. The molecule has 2 N–H and O–H groups in total. The zero-order valence-corrected chi connectivity index (χ0v) is 16.5. The second-order valence-electron chi connectivity index (χ2n) is 7.99. The molecule has 2 aromatic carbocycles. The zero-order valence-electron chi connectivity index (χ0n) is 16.5. The third-order valence-electron chi connectivity index (χ3n) is 4.74. The summed E-state index contributed by atoms with van der Waals surface area (Å²) >= 11 is 0. The number of fused-ring (bicyclic) bond motifs is 2. The number of carbonyl (C=O) groups is 1. The summed E-state index contributed by atoms with van der Waals surface area (Å²) in [5, 5.41) is 3.79. The number of hydrogen-bond acceptors (Lipinski definition) is 4. The SMILES string of the molecule is CC(C)(C)c1cc(=O)[nH]c2cc(NC(=O)/C=C\c3ccc4c(c3)OCO4)ccc12. The molecule has 0 fully saturated rings. The molecule has 0 atom stereocenters. The number of ether oxygens (including phenoxy) is 2. The molecule has 2 heterocycles. The molecule has 4 rings (SSSR count). The summed E-state index contributed by atoms with van der Waals surface area (Å²) in [6.45, 7) is 6.41. The Morgan fingerprint density at radius 1 is 1.07 bits per heavy atom. The average Bonchev–Trinajstić information content (AvgIpc) is 3.12. The number of benzene rings is 2. The fraction of sp³-hybridized carbons (Fsp3) is 0.217. The quantitative estimate of drug-likeness (QED) is 0.657. The van der Waals surface area contributed by atoms with Gasteiger partial charge in [0.2, 0.25) is 18.3 Å². The summed E-state index contributed by atoms with van der Waals surface area (Å²) in [6, 6.07) is 12.7. The normalized spacial score (nSPS) is 13.2. The van der Waals surface area contributed by atoms with Crippen LogP contribution in [-0.4, -0.2) is 17.7 Å². The van der Waals surface area contributed by atoms with E-state index in [4.69, 9.17) is 9.47 Å². The van der Waals surface area contributed by atoms with E-state index in [9.17, 15) is 9.59 Å². The molecule has 1 aromatic heterocycles. The highest BCUT2D eigenvalue weighted by molar-refractivity contribution is 6.03. The Morgan fingerprint density at radius 2 is 1.86 bits per heavy atom. The van der Waals surface area contributed by atoms with Crippen LogP contribution in [0.2, 0.25) is 0 Å². The van der Waals surface area contributed by atoms with Crippen LogP contribution in [0, 0.1) is 0 Å². The first-order chi connectivity index (χ1) is 13.8. The second kappa shape index (κ2) is 7.13. The van der Waals surface area contributed by atoms with Gasteiger partial charge in [0.05, 0.1) is 5.52 Å². The molecule has 0 aliphatic carbocycles. The molecule has 0 radical (unpaired) electrons. The molecule has 1 aliphatic rings. The van der Waals surface area contributed by atoms with Crippen LogP contribution in [0.4, 0.5) is 5.69 Å². The fourth-order valence-corrected chi connectivity index (χ4v) is 3.33. The summed E-state index contributed by atoms with van der Waals surface area (Å²) in [5.74, 6) is 1.10. The third kappa shape index (κ3) is 4.01. The highest BCUT2D eigenvalue weighted by Gasteiger charge is 2.18. The maximum atomic E-state index is 12.3. The van der Waals surface area contributed by atoms with E-state index in [0.29, 0.717) is 22.7 Å². The Bertz CT molecular complexity index is 1190. The first kappa shape index (κ1) is 18.8. The molecule has 6 heteroatoms. The minimum atomic E-state index is -0.267. The summed E-state index contributed by atoms with van der Waals surface area (Å²) in [4.78, 5) is 27.2. The molecule has 6 nitrogen and oxygen atoms in total. The van der Waals surface area contributed by atoms with Gasteiger partial charge in [0.1, 0.15) is 0 Å². The Balaban J connectivity index is 1.54. The van der Waals surface area contributed by atoms with E-state index in [1.165, 1.54) is 6.08 Å². The zero-order chi connectivity index (χ0) is 20.6. The van der Waals surface area contributed by atoms with Crippen LogP contribution in [-0.2, 0) is 10.2 Å². The van der Waals surface area contributed by atoms with Gasteiger partial charge in [0.25, 0.3) is 0 Å². The van der Waals surface area contributed by atoms with E-state index in [1.54, 1.807) is 18.2 Å². The Kier molecular flexibility index (Phi) is 4.62. The van der Waals surface area contributed by atoms with Gasteiger partial charge in [0.15, 0.2) is 11.5 Å². The van der Waals surface area contributed by atoms with Crippen LogP contribution in [0.5, 0.6) is 11.5 Å². The van der Waals surface area contributed by atoms with Crippen molar-refractivity contribution in [2.24, 2.45) is 0 Å². The molecule has 0 saturated carbocycles. The number of carbonyl (C=O) groups excluding carboxylic acids is 1. The average molecular weight is 390 g/mol. The highest BCUT2D eigenvalue weighted by Crippen LogP contribution is 2.33. The topological polar surface area (TPSA) is 80.4 Å². The van der Waals surface area contributed by atoms with Crippen molar-refractivity contribution in [3.05, 3.63) is 70.0 Å².